The van der Waals surface area contributed by atoms with E-state index in [9.17, 15) is 19.5 Å². The van der Waals surface area contributed by atoms with Gasteiger partial charge >= 0.3 is 17.8 Å². The molecule has 0 saturated carbocycles. The molecule has 0 spiro atoms. The standard InChI is InChI=1S/C12H21N3O4S/c1-3-14-5-6-15(11(18)10(14)17)12(19)13-8-9(16)4-7-20-2/h9,16H,3-8H2,1-2H3,(H,13,19). The van der Waals surface area contributed by atoms with Crippen LogP contribution in [0, 0.1) is 0 Å². The molecular weight excluding hydrogens is 282 g/mol. The van der Waals surface area contributed by atoms with Crippen LogP contribution >= 0.6 is 11.8 Å². The molecule has 7 nitrogen and oxygen atoms in total. The molecule has 114 valence electrons. The Balaban J connectivity index is 2.44. The van der Waals surface area contributed by atoms with Crippen LogP contribution in [0.15, 0.2) is 0 Å². The minimum Gasteiger partial charge on any atom is -0.391 e. The van der Waals surface area contributed by atoms with Crippen molar-refractivity contribution in [3.8, 4) is 0 Å². The number of imide groups is 1. The Hall–Kier alpha value is -1.28. The van der Waals surface area contributed by atoms with Crippen molar-refractivity contribution in [3.05, 3.63) is 0 Å². The number of likely N-dealkylation sites (N-methyl/N-ethyl adjacent to an activating group) is 1. The van der Waals surface area contributed by atoms with Crippen molar-refractivity contribution in [3.63, 3.8) is 0 Å². The van der Waals surface area contributed by atoms with Gasteiger partial charge in [-0.25, -0.2) is 4.79 Å². The number of amides is 4. The number of hydrogen-bond acceptors (Lipinski definition) is 5. The van der Waals surface area contributed by atoms with Gasteiger partial charge in [0.05, 0.1) is 6.10 Å². The van der Waals surface area contributed by atoms with Crippen LogP contribution in [0.4, 0.5) is 4.79 Å². The SMILES string of the molecule is CCN1CCN(C(=O)NCC(O)CCSC)C(=O)C1=O. The number of nitrogens with one attached hydrogen (secondary N) is 1. The minimum atomic E-state index is -0.811. The fourth-order valence-electron chi connectivity index (χ4n) is 1.83. The van der Waals surface area contributed by atoms with Crippen LogP contribution in [0.25, 0.3) is 0 Å². The smallest absolute Gasteiger partial charge is 0.324 e. The molecule has 0 radical (unpaired) electrons. The molecule has 8 heteroatoms. The maximum atomic E-state index is 11.8. The number of aliphatic hydroxyl groups is 1. The summed E-state index contributed by atoms with van der Waals surface area (Å²) in [5.41, 5.74) is 0. The first-order valence-corrected chi connectivity index (χ1v) is 7.96. The summed E-state index contributed by atoms with van der Waals surface area (Å²) in [6.07, 6.45) is 1.86. The zero-order valence-corrected chi connectivity index (χ0v) is 12.6. The molecule has 1 unspecified atom stereocenters. The summed E-state index contributed by atoms with van der Waals surface area (Å²) < 4.78 is 0. The van der Waals surface area contributed by atoms with Crippen molar-refractivity contribution in [2.45, 2.75) is 19.4 Å². The number of aliphatic hydroxyl groups excluding tert-OH is 1. The van der Waals surface area contributed by atoms with Gasteiger partial charge in [0.2, 0.25) is 0 Å². The third-order valence-electron chi connectivity index (χ3n) is 3.08. The van der Waals surface area contributed by atoms with E-state index in [-0.39, 0.29) is 13.1 Å². The molecule has 1 aliphatic heterocycles. The van der Waals surface area contributed by atoms with Gasteiger partial charge < -0.3 is 15.3 Å². The number of carbonyl (C=O) groups is 3. The van der Waals surface area contributed by atoms with E-state index in [1.165, 1.54) is 4.90 Å². The Kier molecular flexibility index (Phi) is 6.80. The molecule has 0 aromatic heterocycles. The predicted octanol–water partition coefficient (Wildman–Crippen LogP) is -0.499. The number of thioether (sulfide) groups is 1. The molecule has 4 amide bonds. The summed E-state index contributed by atoms with van der Waals surface area (Å²) in [7, 11) is 0. The molecule has 0 aliphatic carbocycles. The molecule has 20 heavy (non-hydrogen) atoms. The first kappa shape index (κ1) is 16.8. The van der Waals surface area contributed by atoms with E-state index in [0.717, 1.165) is 10.7 Å². The summed E-state index contributed by atoms with van der Waals surface area (Å²) in [6, 6.07) is -0.623. The zero-order chi connectivity index (χ0) is 15.1. The second-order valence-corrected chi connectivity index (χ2v) is 5.45. The van der Waals surface area contributed by atoms with Crippen LogP contribution in [0.5, 0.6) is 0 Å². The minimum absolute atomic E-state index is 0.0782. The monoisotopic (exact) mass is 303 g/mol. The Morgan fingerprint density at radius 1 is 1.40 bits per heavy atom. The van der Waals surface area contributed by atoms with Gasteiger partial charge in [-0.05, 0) is 25.4 Å². The average molecular weight is 303 g/mol. The lowest BCUT2D eigenvalue weighted by molar-refractivity contribution is -0.153. The molecule has 1 rings (SSSR count). The molecular formula is C12H21N3O4S. The summed E-state index contributed by atoms with van der Waals surface area (Å²) in [4.78, 5) is 37.5. The van der Waals surface area contributed by atoms with Crippen molar-refractivity contribution in [1.29, 1.82) is 0 Å². The quantitative estimate of drug-likeness (QED) is 0.646. The molecule has 1 aliphatic rings. The lowest BCUT2D eigenvalue weighted by Gasteiger charge is -2.31. The predicted molar refractivity (Wildman–Crippen MR) is 76.4 cm³/mol. The van der Waals surface area contributed by atoms with Crippen LogP contribution in [0.3, 0.4) is 0 Å². The van der Waals surface area contributed by atoms with E-state index >= 15 is 0 Å². The van der Waals surface area contributed by atoms with E-state index in [1.807, 2.05) is 6.26 Å². The first-order valence-electron chi connectivity index (χ1n) is 6.56. The number of carbonyl (C=O) groups excluding carboxylic acids is 3. The van der Waals surface area contributed by atoms with Gasteiger partial charge in [0.25, 0.3) is 0 Å². The summed E-state index contributed by atoms with van der Waals surface area (Å²) in [6.45, 7) is 2.85. The summed E-state index contributed by atoms with van der Waals surface area (Å²) >= 11 is 1.61. The van der Waals surface area contributed by atoms with Crippen LogP contribution in [-0.4, -0.2) is 77.0 Å². The Morgan fingerprint density at radius 3 is 2.70 bits per heavy atom. The molecule has 1 fully saturated rings. The second kappa shape index (κ2) is 8.11. The highest BCUT2D eigenvalue weighted by molar-refractivity contribution is 7.98. The molecule has 1 heterocycles. The highest BCUT2D eigenvalue weighted by Crippen LogP contribution is 2.05. The zero-order valence-electron chi connectivity index (χ0n) is 11.8. The number of urea groups is 1. The second-order valence-electron chi connectivity index (χ2n) is 4.46. The highest BCUT2D eigenvalue weighted by Gasteiger charge is 2.35. The van der Waals surface area contributed by atoms with Gasteiger partial charge in [0.15, 0.2) is 0 Å². The highest BCUT2D eigenvalue weighted by atomic mass is 32.2. The average Bonchev–Trinajstić information content (AvgIpc) is 2.45. The third kappa shape index (κ3) is 4.38. The van der Waals surface area contributed by atoms with Crippen molar-refractivity contribution in [2.75, 3.05) is 38.2 Å². The van der Waals surface area contributed by atoms with Gasteiger partial charge in [-0.3, -0.25) is 14.5 Å². The third-order valence-corrected chi connectivity index (χ3v) is 3.72. The molecule has 2 N–H and O–H groups in total. The van der Waals surface area contributed by atoms with Crippen molar-refractivity contribution in [1.82, 2.24) is 15.1 Å². The van der Waals surface area contributed by atoms with Gasteiger partial charge in [-0.2, -0.15) is 11.8 Å². The molecule has 0 aromatic carbocycles. The lowest BCUT2D eigenvalue weighted by atomic mass is 10.2. The number of piperazine rings is 1. The Bertz CT molecular complexity index is 378. The van der Waals surface area contributed by atoms with E-state index in [0.29, 0.717) is 19.5 Å². The fourth-order valence-corrected chi connectivity index (χ4v) is 2.33. The van der Waals surface area contributed by atoms with Crippen molar-refractivity contribution < 1.29 is 19.5 Å². The summed E-state index contributed by atoms with van der Waals surface area (Å²) in [5.74, 6) is -0.671. The van der Waals surface area contributed by atoms with E-state index in [2.05, 4.69) is 5.32 Å². The number of hydrogen-bond donors (Lipinski definition) is 2. The van der Waals surface area contributed by atoms with Crippen LogP contribution in [0.2, 0.25) is 0 Å². The maximum Gasteiger partial charge on any atom is 0.324 e. The van der Waals surface area contributed by atoms with Crippen molar-refractivity contribution in [2.24, 2.45) is 0 Å². The Labute approximate surface area is 122 Å². The topological polar surface area (TPSA) is 89.9 Å². The van der Waals surface area contributed by atoms with Gasteiger partial charge in [0.1, 0.15) is 0 Å². The number of nitrogens with zero attached hydrogens (tertiary/aromatic N) is 2. The lowest BCUT2D eigenvalue weighted by Crippen LogP contribution is -2.58. The Morgan fingerprint density at radius 2 is 2.10 bits per heavy atom. The van der Waals surface area contributed by atoms with Crippen LogP contribution in [-0.2, 0) is 9.59 Å². The van der Waals surface area contributed by atoms with E-state index in [4.69, 9.17) is 0 Å². The maximum absolute atomic E-state index is 11.8. The molecule has 0 aromatic rings. The van der Waals surface area contributed by atoms with E-state index < -0.39 is 23.9 Å². The normalized spacial score (nSPS) is 17.4. The largest absolute Gasteiger partial charge is 0.391 e. The van der Waals surface area contributed by atoms with Gasteiger partial charge in [0, 0.05) is 26.2 Å². The molecule has 0 bridgehead atoms. The van der Waals surface area contributed by atoms with Gasteiger partial charge in [-0.1, -0.05) is 0 Å². The van der Waals surface area contributed by atoms with Crippen molar-refractivity contribution >= 4 is 29.6 Å². The molecule has 1 atom stereocenters. The molecule has 1 saturated heterocycles. The fraction of sp³-hybridized carbons (Fsp3) is 0.750. The van der Waals surface area contributed by atoms with Gasteiger partial charge in [-0.15, -0.1) is 0 Å². The first-order chi connectivity index (χ1) is 9.51. The number of rotatable bonds is 6. The van der Waals surface area contributed by atoms with Crippen LogP contribution in [0.1, 0.15) is 13.3 Å². The summed E-state index contributed by atoms with van der Waals surface area (Å²) in [5, 5.41) is 12.1. The van der Waals surface area contributed by atoms with Crippen LogP contribution < -0.4 is 5.32 Å². The van der Waals surface area contributed by atoms with E-state index in [1.54, 1.807) is 18.7 Å².